The van der Waals surface area contributed by atoms with Crippen LogP contribution in [0.25, 0.3) is 0 Å². The predicted molar refractivity (Wildman–Crippen MR) is 83.7 cm³/mol. The van der Waals surface area contributed by atoms with Gasteiger partial charge in [0.2, 0.25) is 0 Å². The van der Waals surface area contributed by atoms with Gasteiger partial charge >= 0.3 is 5.97 Å². The average Bonchev–Trinajstić information content (AvgIpc) is 2.94. The van der Waals surface area contributed by atoms with E-state index in [9.17, 15) is 9.36 Å². The summed E-state index contributed by atoms with van der Waals surface area (Å²) in [7, 11) is -2.81. The van der Waals surface area contributed by atoms with Gasteiger partial charge in [-0.2, -0.15) is 0 Å². The molecule has 1 fully saturated rings. The number of hydrogen-bond acceptors (Lipinski definition) is 3. The Morgan fingerprint density at radius 2 is 1.48 bits per heavy atom. The summed E-state index contributed by atoms with van der Waals surface area (Å²) in [6.07, 6.45) is 1.00. The van der Waals surface area contributed by atoms with Crippen LogP contribution in [-0.4, -0.2) is 18.7 Å². The van der Waals surface area contributed by atoms with E-state index in [2.05, 4.69) is 0 Å². The Hall–Kier alpha value is -1.86. The Labute approximate surface area is 124 Å². The van der Waals surface area contributed by atoms with E-state index in [1.54, 1.807) is 0 Å². The van der Waals surface area contributed by atoms with E-state index in [1.807, 2.05) is 60.7 Å². The molecular weight excluding hydrogens is 283 g/mol. The van der Waals surface area contributed by atoms with Gasteiger partial charge in [0, 0.05) is 16.8 Å². The first-order valence-corrected chi connectivity index (χ1v) is 8.96. The minimum Gasteiger partial charge on any atom is -0.465 e. The molecule has 0 aliphatic carbocycles. The number of rotatable bonds is 4. The van der Waals surface area contributed by atoms with Crippen molar-refractivity contribution in [3.05, 3.63) is 60.7 Å². The largest absolute Gasteiger partial charge is 0.465 e. The molecule has 1 aliphatic rings. The molecule has 0 amide bonds. The second-order valence-electron chi connectivity index (χ2n) is 5.25. The Bertz CT molecular complexity index is 623. The lowest BCUT2D eigenvalue weighted by atomic mass is 10.1. The number of esters is 1. The molecule has 0 saturated carbocycles. The first kappa shape index (κ1) is 14.1. The highest BCUT2D eigenvalue weighted by atomic mass is 31.2. The highest BCUT2D eigenvalue weighted by Crippen LogP contribution is 2.46. The molecule has 2 aromatic rings. The molecule has 1 atom stereocenters. The van der Waals surface area contributed by atoms with Crippen molar-refractivity contribution in [2.75, 3.05) is 12.8 Å². The van der Waals surface area contributed by atoms with Crippen molar-refractivity contribution in [3.63, 3.8) is 0 Å². The third-order valence-corrected chi connectivity index (χ3v) is 7.09. The van der Waals surface area contributed by atoms with Gasteiger partial charge in [0.25, 0.3) is 0 Å². The zero-order valence-electron chi connectivity index (χ0n) is 11.6. The van der Waals surface area contributed by atoms with Crippen LogP contribution in [0.3, 0.4) is 0 Å². The van der Waals surface area contributed by atoms with E-state index in [0.717, 1.165) is 10.6 Å². The van der Waals surface area contributed by atoms with Crippen molar-refractivity contribution in [2.45, 2.75) is 6.42 Å². The number of ether oxygens (including phenoxy) is 1. The van der Waals surface area contributed by atoms with Gasteiger partial charge in [-0.05, 0) is 6.42 Å². The van der Waals surface area contributed by atoms with Crippen LogP contribution in [0, 0.1) is 5.92 Å². The van der Waals surface area contributed by atoms with Crippen LogP contribution in [0.4, 0.5) is 0 Å². The van der Waals surface area contributed by atoms with Gasteiger partial charge in [0.05, 0.1) is 12.5 Å². The van der Waals surface area contributed by atoms with Gasteiger partial charge in [-0.1, -0.05) is 60.7 Å². The molecule has 0 N–H and O–H groups in total. The summed E-state index contributed by atoms with van der Waals surface area (Å²) in [5.41, 5.74) is 0. The molecule has 2 aromatic carbocycles. The Morgan fingerprint density at radius 3 is 1.90 bits per heavy atom. The SMILES string of the molecule is O=C1OCC[C@H]1CP(=O)(c1ccccc1)c1ccccc1. The molecule has 3 nitrogen and oxygen atoms in total. The fourth-order valence-corrected chi connectivity index (χ4v) is 5.69. The van der Waals surface area contributed by atoms with E-state index in [4.69, 9.17) is 4.74 Å². The molecule has 21 heavy (non-hydrogen) atoms. The van der Waals surface area contributed by atoms with Gasteiger partial charge in [-0.3, -0.25) is 4.79 Å². The number of cyclic esters (lactones) is 1. The molecule has 3 rings (SSSR count). The fourth-order valence-electron chi connectivity index (χ4n) is 2.71. The van der Waals surface area contributed by atoms with E-state index in [0.29, 0.717) is 19.2 Å². The summed E-state index contributed by atoms with van der Waals surface area (Å²) in [5.74, 6) is -0.488. The molecule has 0 radical (unpaired) electrons. The van der Waals surface area contributed by atoms with Crippen LogP contribution in [0.5, 0.6) is 0 Å². The van der Waals surface area contributed by atoms with Crippen LogP contribution in [-0.2, 0) is 14.1 Å². The Balaban J connectivity index is 2.03. The number of carbonyl (C=O) groups excluding carboxylic acids is 1. The molecule has 0 unspecified atom stereocenters. The predicted octanol–water partition coefficient (Wildman–Crippen LogP) is 2.56. The minimum absolute atomic E-state index is 0.220. The lowest BCUT2D eigenvalue weighted by molar-refractivity contribution is -0.140. The first-order valence-electron chi connectivity index (χ1n) is 7.07. The summed E-state index contributed by atoms with van der Waals surface area (Å²) >= 11 is 0. The maximum atomic E-state index is 13.7. The molecular formula is C17H17O3P. The molecule has 0 spiro atoms. The Kier molecular flexibility index (Phi) is 3.94. The highest BCUT2D eigenvalue weighted by Gasteiger charge is 2.36. The highest BCUT2D eigenvalue weighted by molar-refractivity contribution is 7.78. The average molecular weight is 300 g/mol. The van der Waals surface area contributed by atoms with Crippen molar-refractivity contribution in [1.29, 1.82) is 0 Å². The fraction of sp³-hybridized carbons (Fsp3) is 0.235. The summed E-state index contributed by atoms with van der Waals surface area (Å²) in [4.78, 5) is 11.8. The Morgan fingerprint density at radius 1 is 0.952 bits per heavy atom. The van der Waals surface area contributed by atoms with Crippen molar-refractivity contribution in [1.82, 2.24) is 0 Å². The second kappa shape index (κ2) is 5.87. The third kappa shape index (κ3) is 2.79. The maximum Gasteiger partial charge on any atom is 0.309 e. The van der Waals surface area contributed by atoms with Crippen LogP contribution in [0.15, 0.2) is 60.7 Å². The molecule has 1 heterocycles. The smallest absolute Gasteiger partial charge is 0.309 e. The summed E-state index contributed by atoms with van der Waals surface area (Å²) in [5, 5.41) is 1.60. The zero-order valence-corrected chi connectivity index (χ0v) is 12.5. The molecule has 1 saturated heterocycles. The standard InChI is InChI=1S/C17H17O3P/c18-17-14(11-12-20-17)13-21(19,15-7-3-1-4-8-15)16-9-5-2-6-10-16/h1-10,14H,11-13H2/t14-/m0/s1. The quantitative estimate of drug-likeness (QED) is 0.644. The van der Waals surface area contributed by atoms with Gasteiger partial charge in [-0.25, -0.2) is 0 Å². The van der Waals surface area contributed by atoms with Crippen LogP contribution in [0.2, 0.25) is 0 Å². The van der Waals surface area contributed by atoms with Crippen LogP contribution >= 0.6 is 7.14 Å². The first-order chi connectivity index (χ1) is 10.2. The molecule has 1 aliphatic heterocycles. The summed E-state index contributed by atoms with van der Waals surface area (Å²) in [6.45, 7) is 0.438. The monoisotopic (exact) mass is 300 g/mol. The zero-order chi connectivity index (χ0) is 14.7. The number of benzene rings is 2. The van der Waals surface area contributed by atoms with E-state index in [-0.39, 0.29) is 11.9 Å². The third-order valence-electron chi connectivity index (χ3n) is 3.87. The molecule has 0 aromatic heterocycles. The maximum absolute atomic E-state index is 13.7. The lowest BCUT2D eigenvalue weighted by Crippen LogP contribution is -2.24. The lowest BCUT2D eigenvalue weighted by Gasteiger charge is -2.21. The number of carbonyl (C=O) groups is 1. The van der Waals surface area contributed by atoms with Gasteiger partial charge in [0.15, 0.2) is 0 Å². The van der Waals surface area contributed by atoms with E-state index in [1.165, 1.54) is 0 Å². The minimum atomic E-state index is -2.81. The number of hydrogen-bond donors (Lipinski definition) is 0. The second-order valence-corrected chi connectivity index (χ2v) is 8.12. The molecule has 0 bridgehead atoms. The van der Waals surface area contributed by atoms with E-state index < -0.39 is 7.14 Å². The molecule has 4 heteroatoms. The summed E-state index contributed by atoms with van der Waals surface area (Å²) in [6, 6.07) is 18.9. The van der Waals surface area contributed by atoms with Crippen LogP contribution in [0.1, 0.15) is 6.42 Å². The van der Waals surface area contributed by atoms with Crippen molar-refractivity contribution in [2.24, 2.45) is 5.92 Å². The van der Waals surface area contributed by atoms with Crippen molar-refractivity contribution < 1.29 is 14.1 Å². The van der Waals surface area contributed by atoms with Gasteiger partial charge in [0.1, 0.15) is 7.14 Å². The topological polar surface area (TPSA) is 43.4 Å². The normalized spacial score (nSPS) is 18.5. The van der Waals surface area contributed by atoms with Crippen LogP contribution < -0.4 is 10.6 Å². The summed E-state index contributed by atoms with van der Waals surface area (Å²) < 4.78 is 18.7. The van der Waals surface area contributed by atoms with Crippen molar-refractivity contribution >= 4 is 23.7 Å². The van der Waals surface area contributed by atoms with Crippen molar-refractivity contribution in [3.8, 4) is 0 Å². The molecule has 108 valence electrons. The van der Waals surface area contributed by atoms with E-state index >= 15 is 0 Å². The van der Waals surface area contributed by atoms with Gasteiger partial charge < -0.3 is 9.30 Å². The van der Waals surface area contributed by atoms with Gasteiger partial charge in [-0.15, -0.1) is 0 Å².